The SMILES string of the molecule is CCCOc1c[nH]c(CS(=O)CC(=O)Nc2sc3c(c2C#N)CCC3)cc1=O. The molecule has 0 bridgehead atoms. The van der Waals surface area contributed by atoms with Crippen LogP contribution in [0.25, 0.3) is 0 Å². The fourth-order valence-electron chi connectivity index (χ4n) is 3.05. The van der Waals surface area contributed by atoms with Crippen molar-refractivity contribution in [2.45, 2.75) is 38.4 Å². The van der Waals surface area contributed by atoms with Crippen LogP contribution in [0.5, 0.6) is 5.75 Å². The number of anilines is 1. The molecule has 0 aromatic carbocycles. The van der Waals surface area contributed by atoms with E-state index >= 15 is 0 Å². The molecule has 2 N–H and O–H groups in total. The number of amides is 1. The second-order valence-corrected chi connectivity index (χ2v) is 9.05. The van der Waals surface area contributed by atoms with E-state index in [1.807, 2.05) is 6.92 Å². The molecule has 0 spiro atoms. The number of fused-ring (bicyclic) bond motifs is 1. The third-order valence-corrected chi connectivity index (χ3v) is 6.72. The lowest BCUT2D eigenvalue weighted by Gasteiger charge is -2.07. The third-order valence-electron chi connectivity index (χ3n) is 4.29. The summed E-state index contributed by atoms with van der Waals surface area (Å²) in [5, 5.41) is 12.6. The van der Waals surface area contributed by atoms with Gasteiger partial charge in [-0.25, -0.2) is 0 Å². The minimum atomic E-state index is -1.49. The minimum Gasteiger partial charge on any atom is -0.488 e. The molecule has 1 atom stereocenters. The summed E-state index contributed by atoms with van der Waals surface area (Å²) in [6, 6.07) is 3.51. The number of carbonyl (C=O) groups is 1. The first-order valence-electron chi connectivity index (χ1n) is 9.05. The van der Waals surface area contributed by atoms with E-state index in [1.165, 1.54) is 23.6 Å². The average molecular weight is 420 g/mol. The predicted molar refractivity (Wildman–Crippen MR) is 109 cm³/mol. The highest BCUT2D eigenvalue weighted by molar-refractivity contribution is 7.84. The topological polar surface area (TPSA) is 112 Å². The van der Waals surface area contributed by atoms with Gasteiger partial charge in [0.25, 0.3) is 0 Å². The fraction of sp³-hybridized carbons (Fsp3) is 0.421. The van der Waals surface area contributed by atoms with Gasteiger partial charge in [0, 0.05) is 33.6 Å². The first-order valence-corrected chi connectivity index (χ1v) is 11.4. The van der Waals surface area contributed by atoms with Crippen LogP contribution in [0.1, 0.15) is 41.5 Å². The Kier molecular flexibility index (Phi) is 6.65. The van der Waals surface area contributed by atoms with Crippen molar-refractivity contribution in [2.75, 3.05) is 17.7 Å². The summed E-state index contributed by atoms with van der Waals surface area (Å²) in [5.41, 5.74) is 1.76. The Balaban J connectivity index is 1.58. The van der Waals surface area contributed by atoms with Gasteiger partial charge >= 0.3 is 0 Å². The van der Waals surface area contributed by atoms with Gasteiger partial charge in [0.05, 0.1) is 17.9 Å². The number of rotatable bonds is 8. The summed E-state index contributed by atoms with van der Waals surface area (Å²) in [4.78, 5) is 28.3. The second kappa shape index (κ2) is 9.17. The molecule has 2 aromatic rings. The molecular weight excluding hydrogens is 398 g/mol. The van der Waals surface area contributed by atoms with Crippen LogP contribution in [0.15, 0.2) is 17.1 Å². The molecule has 0 radical (unpaired) electrons. The zero-order chi connectivity index (χ0) is 20.1. The fourth-order valence-corrected chi connectivity index (χ4v) is 5.29. The standard InChI is InChI=1S/C19H21N3O4S2/c1-2-6-26-16-9-21-12(7-15(16)23)10-28(25)11-18(24)22-19-14(8-20)13-4-3-5-17(13)27-19/h7,9H,2-6,10-11H2,1H3,(H,21,23)(H,22,24). The lowest BCUT2D eigenvalue weighted by molar-refractivity contribution is -0.113. The van der Waals surface area contributed by atoms with Gasteiger partial charge in [-0.3, -0.25) is 13.8 Å². The number of nitriles is 1. The monoisotopic (exact) mass is 419 g/mol. The minimum absolute atomic E-state index is 0.0583. The second-order valence-electron chi connectivity index (χ2n) is 6.49. The number of aromatic amines is 1. The number of H-pyrrole nitrogens is 1. The van der Waals surface area contributed by atoms with E-state index in [1.54, 1.807) is 0 Å². The molecule has 2 heterocycles. The van der Waals surface area contributed by atoms with E-state index in [-0.39, 0.29) is 22.7 Å². The van der Waals surface area contributed by atoms with Gasteiger partial charge in [-0.15, -0.1) is 11.3 Å². The molecule has 0 saturated carbocycles. The maximum absolute atomic E-state index is 12.3. The molecule has 0 saturated heterocycles. The molecule has 7 nitrogen and oxygen atoms in total. The summed E-state index contributed by atoms with van der Waals surface area (Å²) in [5.74, 6) is -0.323. The molecule has 3 rings (SSSR count). The molecule has 0 aliphatic heterocycles. The van der Waals surface area contributed by atoms with Gasteiger partial charge < -0.3 is 15.0 Å². The first-order chi connectivity index (χ1) is 13.5. The Morgan fingerprint density at radius 3 is 3.00 bits per heavy atom. The van der Waals surface area contributed by atoms with E-state index < -0.39 is 16.7 Å². The van der Waals surface area contributed by atoms with Crippen molar-refractivity contribution < 1.29 is 13.7 Å². The molecule has 1 aliphatic carbocycles. The van der Waals surface area contributed by atoms with Crippen molar-refractivity contribution in [3.05, 3.63) is 44.2 Å². The largest absolute Gasteiger partial charge is 0.488 e. The maximum atomic E-state index is 12.3. The van der Waals surface area contributed by atoms with Crippen molar-refractivity contribution in [3.8, 4) is 11.8 Å². The van der Waals surface area contributed by atoms with Gasteiger partial charge in [0.15, 0.2) is 5.75 Å². The highest BCUT2D eigenvalue weighted by Gasteiger charge is 2.23. The Morgan fingerprint density at radius 1 is 1.46 bits per heavy atom. The van der Waals surface area contributed by atoms with E-state index in [0.29, 0.717) is 22.9 Å². The Hall–Kier alpha value is -2.44. The highest BCUT2D eigenvalue weighted by Crippen LogP contribution is 2.38. The van der Waals surface area contributed by atoms with Gasteiger partial charge in [0.2, 0.25) is 11.3 Å². The average Bonchev–Trinajstić information content (AvgIpc) is 3.21. The van der Waals surface area contributed by atoms with Crippen molar-refractivity contribution in [1.82, 2.24) is 4.98 Å². The van der Waals surface area contributed by atoms with Gasteiger partial charge in [0.1, 0.15) is 16.8 Å². The normalized spacial score (nSPS) is 13.6. The number of pyridine rings is 1. The highest BCUT2D eigenvalue weighted by atomic mass is 32.2. The molecule has 1 aliphatic rings. The Labute approximate surface area is 169 Å². The van der Waals surface area contributed by atoms with Crippen molar-refractivity contribution >= 4 is 33.0 Å². The number of ether oxygens (including phenoxy) is 1. The van der Waals surface area contributed by atoms with Crippen molar-refractivity contribution in [1.29, 1.82) is 5.26 Å². The number of nitrogens with zero attached hydrogens (tertiary/aromatic N) is 1. The first kappa shape index (κ1) is 20.3. The third kappa shape index (κ3) is 4.69. The number of hydrogen-bond donors (Lipinski definition) is 2. The summed E-state index contributed by atoms with van der Waals surface area (Å²) in [6.07, 6.45) is 5.08. The summed E-state index contributed by atoms with van der Waals surface area (Å²) in [7, 11) is -1.49. The quantitative estimate of drug-likeness (QED) is 0.683. The summed E-state index contributed by atoms with van der Waals surface area (Å²) < 4.78 is 17.6. The van der Waals surface area contributed by atoms with E-state index in [4.69, 9.17) is 4.74 Å². The number of carbonyl (C=O) groups excluding carboxylic acids is 1. The van der Waals surface area contributed by atoms with E-state index in [0.717, 1.165) is 36.1 Å². The lowest BCUT2D eigenvalue weighted by atomic mass is 10.1. The van der Waals surface area contributed by atoms with Crippen LogP contribution >= 0.6 is 11.3 Å². The van der Waals surface area contributed by atoms with Crippen LogP contribution in [0.4, 0.5) is 5.00 Å². The van der Waals surface area contributed by atoms with Crippen LogP contribution in [0, 0.1) is 11.3 Å². The molecule has 0 fully saturated rings. The number of nitrogens with one attached hydrogen (secondary N) is 2. The molecule has 28 heavy (non-hydrogen) atoms. The van der Waals surface area contributed by atoms with Crippen LogP contribution < -0.4 is 15.5 Å². The van der Waals surface area contributed by atoms with Gasteiger partial charge in [-0.1, -0.05) is 6.92 Å². The van der Waals surface area contributed by atoms with Crippen molar-refractivity contribution in [2.24, 2.45) is 0 Å². The maximum Gasteiger partial charge on any atom is 0.237 e. The van der Waals surface area contributed by atoms with Crippen molar-refractivity contribution in [3.63, 3.8) is 0 Å². The summed E-state index contributed by atoms with van der Waals surface area (Å²) in [6.45, 7) is 2.39. The number of aryl methyl sites for hydroxylation is 1. The van der Waals surface area contributed by atoms with Crippen LogP contribution in [0.3, 0.4) is 0 Å². The molecule has 9 heteroatoms. The van der Waals surface area contributed by atoms with Gasteiger partial charge in [-0.05, 0) is 31.2 Å². The van der Waals surface area contributed by atoms with Gasteiger partial charge in [-0.2, -0.15) is 5.26 Å². The van der Waals surface area contributed by atoms with E-state index in [2.05, 4.69) is 16.4 Å². The molecular formula is C19H21N3O4S2. The molecule has 1 unspecified atom stereocenters. The van der Waals surface area contributed by atoms with E-state index in [9.17, 15) is 19.1 Å². The lowest BCUT2D eigenvalue weighted by Crippen LogP contribution is -2.21. The number of aromatic nitrogens is 1. The molecule has 2 aromatic heterocycles. The number of thiophene rings is 1. The number of hydrogen-bond acceptors (Lipinski definition) is 6. The van der Waals surface area contributed by atoms with Crippen LogP contribution in [-0.2, 0) is 34.2 Å². The zero-order valence-corrected chi connectivity index (χ0v) is 17.1. The molecule has 1 amide bonds. The summed E-state index contributed by atoms with van der Waals surface area (Å²) >= 11 is 1.43. The van der Waals surface area contributed by atoms with Crippen LogP contribution in [0.2, 0.25) is 0 Å². The Bertz CT molecular complexity index is 1000. The zero-order valence-electron chi connectivity index (χ0n) is 15.5. The molecule has 148 valence electrons. The Morgan fingerprint density at radius 2 is 2.29 bits per heavy atom. The smallest absolute Gasteiger partial charge is 0.237 e. The van der Waals surface area contributed by atoms with Crippen LogP contribution in [-0.4, -0.2) is 27.5 Å². The predicted octanol–water partition coefficient (Wildman–Crippen LogP) is 2.47.